The van der Waals surface area contributed by atoms with Gasteiger partial charge in [0.15, 0.2) is 0 Å². The third-order valence-electron chi connectivity index (χ3n) is 0.975. The van der Waals surface area contributed by atoms with Crippen LogP contribution in [0.4, 0.5) is 0 Å². The van der Waals surface area contributed by atoms with E-state index >= 15 is 0 Å². The van der Waals surface area contributed by atoms with Crippen molar-refractivity contribution in [2.75, 3.05) is 6.61 Å². The van der Waals surface area contributed by atoms with E-state index in [0.717, 1.165) is 6.92 Å². The van der Waals surface area contributed by atoms with Crippen LogP contribution in [0.3, 0.4) is 0 Å². The normalized spacial score (nSPS) is 12.2. The molecule has 0 aliphatic heterocycles. The number of carboxylic acids is 1. The van der Waals surface area contributed by atoms with E-state index in [1.165, 1.54) is 0 Å². The number of carbonyl (C=O) groups is 2. The van der Waals surface area contributed by atoms with Crippen LogP contribution >= 0.6 is 0 Å². The maximum atomic E-state index is 10.3. The van der Waals surface area contributed by atoms with E-state index in [1.807, 2.05) is 0 Å². The number of hydrogen-bond donors (Lipinski definition) is 2. The highest BCUT2D eigenvalue weighted by Gasteiger charge is 2.19. The monoisotopic (exact) mass is 162 g/mol. The Morgan fingerprint density at radius 1 is 1.55 bits per heavy atom. The van der Waals surface area contributed by atoms with E-state index in [1.54, 1.807) is 0 Å². The molecule has 0 fully saturated rings. The Balaban J connectivity index is 3.89. The number of aliphatic hydroxyl groups is 1. The van der Waals surface area contributed by atoms with Gasteiger partial charge in [0.05, 0.1) is 0 Å². The van der Waals surface area contributed by atoms with E-state index in [4.69, 9.17) is 10.2 Å². The molecule has 2 N–H and O–H groups in total. The van der Waals surface area contributed by atoms with Crippen LogP contribution in [0.25, 0.3) is 0 Å². The molecule has 1 unspecified atom stereocenters. The van der Waals surface area contributed by atoms with Crippen LogP contribution in [0.2, 0.25) is 0 Å². The SMILES string of the molecule is CC(=O)OC(CCO)C(=O)O. The molecule has 0 aromatic carbocycles. The van der Waals surface area contributed by atoms with Gasteiger partial charge in [0.1, 0.15) is 0 Å². The predicted octanol–water partition coefficient (Wildman–Crippen LogP) is -0.615. The number of ether oxygens (including phenoxy) is 1. The Labute approximate surface area is 63.6 Å². The predicted molar refractivity (Wildman–Crippen MR) is 34.9 cm³/mol. The summed E-state index contributed by atoms with van der Waals surface area (Å²) in [6.07, 6.45) is -1.30. The van der Waals surface area contributed by atoms with Crippen LogP contribution in [-0.2, 0) is 14.3 Å². The fourth-order valence-corrected chi connectivity index (χ4v) is 0.550. The summed E-state index contributed by atoms with van der Waals surface area (Å²) in [5.74, 6) is -1.90. The van der Waals surface area contributed by atoms with Gasteiger partial charge < -0.3 is 14.9 Å². The summed E-state index contributed by atoms with van der Waals surface area (Å²) in [4.78, 5) is 20.5. The first kappa shape index (κ1) is 9.90. The van der Waals surface area contributed by atoms with Crippen molar-refractivity contribution in [3.05, 3.63) is 0 Å². The van der Waals surface area contributed by atoms with Crippen molar-refractivity contribution in [3.8, 4) is 0 Å². The molecule has 0 spiro atoms. The average Bonchev–Trinajstić information content (AvgIpc) is 1.86. The van der Waals surface area contributed by atoms with Gasteiger partial charge in [-0.05, 0) is 0 Å². The van der Waals surface area contributed by atoms with E-state index in [9.17, 15) is 9.59 Å². The molecule has 0 aromatic rings. The summed E-state index contributed by atoms with van der Waals surface area (Å²) in [6, 6.07) is 0. The zero-order valence-corrected chi connectivity index (χ0v) is 6.11. The minimum atomic E-state index is -1.24. The molecule has 0 heterocycles. The maximum absolute atomic E-state index is 10.3. The quantitative estimate of drug-likeness (QED) is 0.538. The van der Waals surface area contributed by atoms with Crippen LogP contribution < -0.4 is 0 Å². The molecule has 0 aromatic heterocycles. The van der Waals surface area contributed by atoms with Gasteiger partial charge in [-0.1, -0.05) is 0 Å². The van der Waals surface area contributed by atoms with Crippen molar-refractivity contribution >= 4 is 11.9 Å². The standard InChI is InChI=1S/C6H10O5/c1-4(8)11-5(2-3-7)6(9)10/h5,7H,2-3H2,1H3,(H,9,10). The van der Waals surface area contributed by atoms with Crippen molar-refractivity contribution in [3.63, 3.8) is 0 Å². The first-order chi connectivity index (χ1) is 5.07. The lowest BCUT2D eigenvalue weighted by molar-refractivity contribution is -0.163. The Bertz CT molecular complexity index is 153. The minimum absolute atomic E-state index is 0.0745. The Kier molecular flexibility index (Phi) is 4.21. The summed E-state index contributed by atoms with van der Waals surface area (Å²) >= 11 is 0. The lowest BCUT2D eigenvalue weighted by atomic mass is 10.3. The Hall–Kier alpha value is -1.10. The molecular weight excluding hydrogens is 152 g/mol. The summed E-state index contributed by atoms with van der Waals surface area (Å²) in [7, 11) is 0. The fourth-order valence-electron chi connectivity index (χ4n) is 0.550. The maximum Gasteiger partial charge on any atom is 0.345 e. The van der Waals surface area contributed by atoms with Crippen molar-refractivity contribution < 1.29 is 24.5 Å². The lowest BCUT2D eigenvalue weighted by Crippen LogP contribution is -2.26. The smallest absolute Gasteiger partial charge is 0.345 e. The number of esters is 1. The number of hydrogen-bond acceptors (Lipinski definition) is 4. The summed E-state index contributed by atoms with van der Waals surface area (Å²) < 4.78 is 4.35. The molecule has 0 radical (unpaired) electrons. The third-order valence-corrected chi connectivity index (χ3v) is 0.975. The van der Waals surface area contributed by atoms with Crippen LogP contribution in [0, 0.1) is 0 Å². The van der Waals surface area contributed by atoms with E-state index < -0.39 is 18.0 Å². The molecular formula is C6H10O5. The van der Waals surface area contributed by atoms with Crippen molar-refractivity contribution in [2.45, 2.75) is 19.4 Å². The third kappa shape index (κ3) is 4.32. The first-order valence-electron chi connectivity index (χ1n) is 3.08. The number of aliphatic carboxylic acids is 1. The van der Waals surface area contributed by atoms with Gasteiger partial charge in [-0.2, -0.15) is 0 Å². The highest BCUT2D eigenvalue weighted by molar-refractivity contribution is 5.76. The average molecular weight is 162 g/mol. The molecule has 5 heteroatoms. The van der Waals surface area contributed by atoms with Gasteiger partial charge in [-0.25, -0.2) is 4.79 Å². The second-order valence-corrected chi connectivity index (χ2v) is 1.95. The van der Waals surface area contributed by atoms with Gasteiger partial charge in [0.2, 0.25) is 6.10 Å². The van der Waals surface area contributed by atoms with Gasteiger partial charge in [-0.15, -0.1) is 0 Å². The molecule has 0 rings (SSSR count). The number of carbonyl (C=O) groups excluding carboxylic acids is 1. The number of aliphatic hydroxyl groups excluding tert-OH is 1. The van der Waals surface area contributed by atoms with Gasteiger partial charge in [0.25, 0.3) is 0 Å². The molecule has 5 nitrogen and oxygen atoms in total. The topological polar surface area (TPSA) is 83.8 Å². The molecule has 0 aliphatic rings. The van der Waals surface area contributed by atoms with E-state index in [2.05, 4.69) is 4.74 Å². The lowest BCUT2D eigenvalue weighted by Gasteiger charge is -2.09. The highest BCUT2D eigenvalue weighted by Crippen LogP contribution is 1.98. The molecule has 1 atom stereocenters. The minimum Gasteiger partial charge on any atom is -0.479 e. The molecule has 0 amide bonds. The van der Waals surface area contributed by atoms with Gasteiger partial charge in [-0.3, -0.25) is 4.79 Å². The Morgan fingerprint density at radius 2 is 2.09 bits per heavy atom. The van der Waals surface area contributed by atoms with Crippen LogP contribution in [0.15, 0.2) is 0 Å². The zero-order valence-electron chi connectivity index (χ0n) is 6.11. The second-order valence-electron chi connectivity index (χ2n) is 1.95. The summed E-state index contributed by atoms with van der Waals surface area (Å²) in [5, 5.41) is 16.7. The van der Waals surface area contributed by atoms with Crippen LogP contribution in [-0.4, -0.2) is 34.9 Å². The molecule has 0 saturated carbocycles. The second kappa shape index (κ2) is 4.68. The largest absolute Gasteiger partial charge is 0.479 e. The van der Waals surface area contributed by atoms with Crippen LogP contribution in [0.1, 0.15) is 13.3 Å². The molecule has 64 valence electrons. The van der Waals surface area contributed by atoms with Crippen molar-refractivity contribution in [1.82, 2.24) is 0 Å². The summed E-state index contributed by atoms with van der Waals surface area (Å²) in [5.41, 5.74) is 0. The Morgan fingerprint density at radius 3 is 2.36 bits per heavy atom. The van der Waals surface area contributed by atoms with E-state index in [0.29, 0.717) is 0 Å². The van der Waals surface area contributed by atoms with Crippen LogP contribution in [0.5, 0.6) is 0 Å². The highest BCUT2D eigenvalue weighted by atomic mass is 16.6. The number of rotatable bonds is 4. The van der Waals surface area contributed by atoms with E-state index in [-0.39, 0.29) is 13.0 Å². The van der Waals surface area contributed by atoms with Crippen molar-refractivity contribution in [1.29, 1.82) is 0 Å². The fraction of sp³-hybridized carbons (Fsp3) is 0.667. The molecule has 0 aliphatic carbocycles. The number of carboxylic acid groups (broad SMARTS) is 1. The molecule has 0 saturated heterocycles. The van der Waals surface area contributed by atoms with Gasteiger partial charge in [0, 0.05) is 20.0 Å². The van der Waals surface area contributed by atoms with Gasteiger partial charge >= 0.3 is 11.9 Å². The summed E-state index contributed by atoms with van der Waals surface area (Å²) in [6.45, 7) is 0.803. The van der Waals surface area contributed by atoms with Crippen molar-refractivity contribution in [2.24, 2.45) is 0 Å². The molecule has 11 heavy (non-hydrogen) atoms. The molecule has 0 bridgehead atoms. The zero-order chi connectivity index (χ0) is 8.85. The first-order valence-corrected chi connectivity index (χ1v) is 3.08.